The molecule has 0 saturated heterocycles. The molecule has 0 aliphatic carbocycles. The molecule has 0 aliphatic rings. The van der Waals surface area contributed by atoms with Gasteiger partial charge in [0.05, 0.1) is 6.54 Å². The standard InChI is InChI=1S/C29H32N6O7/c30-13-25(36)33-23(11-16-14-31-20-7-3-1-5-18(16)20)27(39)35-24(12-17-15-32-21-8-4-2-6-19(17)21)28(40)34-22(29(41)42)9-10-26(37)38/h1-8,14-15,22-24,31-32H,9-13,30H2,(H,33,36)(H,34,40)(H,35,39)(H,37,38)(H,41,42). The number of amides is 3. The van der Waals surface area contributed by atoms with Gasteiger partial charge in [-0.05, 0) is 29.7 Å². The number of carbonyl (C=O) groups excluding carboxylic acids is 3. The highest BCUT2D eigenvalue weighted by molar-refractivity contribution is 5.95. The SMILES string of the molecule is NCC(=O)NC(Cc1c[nH]c2ccccc12)C(=O)NC(Cc1c[nH]c2ccccc12)C(=O)NC(CCC(=O)O)C(=O)O. The first-order valence-electron chi connectivity index (χ1n) is 13.3. The average Bonchev–Trinajstić information content (AvgIpc) is 3.58. The Morgan fingerprint density at radius 3 is 1.67 bits per heavy atom. The van der Waals surface area contributed by atoms with Crippen molar-refractivity contribution < 1.29 is 34.2 Å². The van der Waals surface area contributed by atoms with Gasteiger partial charge in [-0.1, -0.05) is 36.4 Å². The Hall–Kier alpha value is -5.17. The van der Waals surface area contributed by atoms with Crippen molar-refractivity contribution in [2.24, 2.45) is 5.73 Å². The monoisotopic (exact) mass is 576 g/mol. The minimum absolute atomic E-state index is 0.0164. The van der Waals surface area contributed by atoms with Gasteiger partial charge in [0.1, 0.15) is 18.1 Å². The molecule has 220 valence electrons. The molecule has 3 atom stereocenters. The van der Waals surface area contributed by atoms with Crippen LogP contribution in [0.3, 0.4) is 0 Å². The van der Waals surface area contributed by atoms with Crippen LogP contribution in [0.1, 0.15) is 24.0 Å². The quantitative estimate of drug-likeness (QED) is 0.107. The van der Waals surface area contributed by atoms with E-state index >= 15 is 0 Å². The number of rotatable bonds is 14. The molecule has 3 amide bonds. The molecule has 9 N–H and O–H groups in total. The number of aromatic nitrogens is 2. The predicted molar refractivity (Wildman–Crippen MR) is 153 cm³/mol. The van der Waals surface area contributed by atoms with E-state index in [1.807, 2.05) is 48.5 Å². The predicted octanol–water partition coefficient (Wildman–Crippen LogP) is 0.797. The van der Waals surface area contributed by atoms with Gasteiger partial charge in [0.25, 0.3) is 0 Å². The highest BCUT2D eigenvalue weighted by Crippen LogP contribution is 2.21. The third kappa shape index (κ3) is 7.31. The number of carbonyl (C=O) groups is 5. The molecule has 13 nitrogen and oxygen atoms in total. The summed E-state index contributed by atoms with van der Waals surface area (Å²) >= 11 is 0. The topological polar surface area (TPSA) is 219 Å². The smallest absolute Gasteiger partial charge is 0.326 e. The molecular weight excluding hydrogens is 544 g/mol. The second-order valence-corrected chi connectivity index (χ2v) is 9.84. The first-order valence-corrected chi connectivity index (χ1v) is 13.3. The number of H-pyrrole nitrogens is 2. The second-order valence-electron chi connectivity index (χ2n) is 9.84. The Morgan fingerprint density at radius 1 is 0.714 bits per heavy atom. The maximum Gasteiger partial charge on any atom is 0.326 e. The van der Waals surface area contributed by atoms with Crippen LogP contribution in [0.25, 0.3) is 21.8 Å². The number of nitrogens with two attached hydrogens (primary N) is 1. The van der Waals surface area contributed by atoms with Crippen molar-refractivity contribution in [1.82, 2.24) is 25.9 Å². The molecule has 13 heteroatoms. The summed E-state index contributed by atoms with van der Waals surface area (Å²) in [6.07, 6.45) is 2.66. The summed E-state index contributed by atoms with van der Waals surface area (Å²) in [5.41, 5.74) is 8.57. The number of hydrogen-bond acceptors (Lipinski definition) is 6. The van der Waals surface area contributed by atoms with E-state index in [2.05, 4.69) is 25.9 Å². The lowest BCUT2D eigenvalue weighted by Gasteiger charge is -2.24. The third-order valence-corrected chi connectivity index (χ3v) is 6.93. The third-order valence-electron chi connectivity index (χ3n) is 6.93. The molecule has 0 radical (unpaired) electrons. The largest absolute Gasteiger partial charge is 0.481 e. The van der Waals surface area contributed by atoms with Gasteiger partial charge >= 0.3 is 11.9 Å². The van der Waals surface area contributed by atoms with Crippen molar-refractivity contribution in [2.45, 2.75) is 43.8 Å². The number of aromatic amines is 2. The molecule has 2 aromatic carbocycles. The molecule has 4 aromatic rings. The van der Waals surface area contributed by atoms with Crippen molar-refractivity contribution in [3.05, 3.63) is 72.1 Å². The van der Waals surface area contributed by atoms with Gasteiger partial charge in [-0.25, -0.2) is 4.79 Å². The molecule has 0 fully saturated rings. The first kappa shape index (κ1) is 29.8. The Labute approximate surface area is 239 Å². The van der Waals surface area contributed by atoms with Gasteiger partial charge < -0.3 is 41.9 Å². The van der Waals surface area contributed by atoms with E-state index in [0.717, 1.165) is 27.4 Å². The summed E-state index contributed by atoms with van der Waals surface area (Å²) < 4.78 is 0. The van der Waals surface area contributed by atoms with E-state index in [1.54, 1.807) is 12.4 Å². The Bertz CT molecular complexity index is 1610. The van der Waals surface area contributed by atoms with Gasteiger partial charge in [0.15, 0.2) is 0 Å². The summed E-state index contributed by atoms with van der Waals surface area (Å²) in [4.78, 5) is 68.4. The van der Waals surface area contributed by atoms with Crippen LogP contribution in [-0.2, 0) is 36.8 Å². The minimum Gasteiger partial charge on any atom is -0.481 e. The lowest BCUT2D eigenvalue weighted by Crippen LogP contribution is -2.57. The number of para-hydroxylation sites is 2. The van der Waals surface area contributed by atoms with E-state index in [9.17, 15) is 29.1 Å². The molecule has 0 aliphatic heterocycles. The molecule has 2 aromatic heterocycles. The van der Waals surface area contributed by atoms with Crippen LogP contribution < -0.4 is 21.7 Å². The normalized spacial score (nSPS) is 13.3. The Morgan fingerprint density at radius 2 is 1.19 bits per heavy atom. The highest BCUT2D eigenvalue weighted by atomic mass is 16.4. The zero-order valence-corrected chi connectivity index (χ0v) is 22.6. The highest BCUT2D eigenvalue weighted by Gasteiger charge is 2.31. The second kappa shape index (κ2) is 13.5. The fraction of sp³-hybridized carbons (Fsp3) is 0.276. The summed E-state index contributed by atoms with van der Waals surface area (Å²) in [6.45, 7) is -0.360. The summed E-state index contributed by atoms with van der Waals surface area (Å²) in [5, 5.41) is 27.9. The maximum absolute atomic E-state index is 13.6. The van der Waals surface area contributed by atoms with Crippen molar-refractivity contribution >= 4 is 51.5 Å². The molecule has 0 saturated carbocycles. The number of aliphatic carboxylic acids is 2. The van der Waals surface area contributed by atoms with E-state index in [1.165, 1.54) is 0 Å². The number of benzene rings is 2. The van der Waals surface area contributed by atoms with Crippen LogP contribution >= 0.6 is 0 Å². The fourth-order valence-electron chi connectivity index (χ4n) is 4.78. The van der Waals surface area contributed by atoms with Crippen LogP contribution in [0.15, 0.2) is 60.9 Å². The van der Waals surface area contributed by atoms with Crippen LogP contribution in [0.2, 0.25) is 0 Å². The van der Waals surface area contributed by atoms with Gasteiger partial charge in [0.2, 0.25) is 17.7 Å². The molecule has 4 rings (SSSR count). The van der Waals surface area contributed by atoms with Crippen molar-refractivity contribution in [1.29, 1.82) is 0 Å². The van der Waals surface area contributed by atoms with E-state index in [0.29, 0.717) is 5.56 Å². The van der Waals surface area contributed by atoms with Crippen molar-refractivity contribution in [3.63, 3.8) is 0 Å². The van der Waals surface area contributed by atoms with Gasteiger partial charge in [-0.3, -0.25) is 19.2 Å². The Balaban J connectivity index is 1.61. The number of nitrogens with one attached hydrogen (secondary N) is 5. The Kier molecular flexibility index (Phi) is 9.55. The van der Waals surface area contributed by atoms with Crippen LogP contribution in [0, 0.1) is 0 Å². The van der Waals surface area contributed by atoms with Crippen LogP contribution in [0.5, 0.6) is 0 Å². The minimum atomic E-state index is -1.49. The molecule has 2 heterocycles. The average molecular weight is 577 g/mol. The molecular formula is C29H32N6O7. The zero-order chi connectivity index (χ0) is 30.2. The maximum atomic E-state index is 13.6. The van der Waals surface area contributed by atoms with E-state index in [-0.39, 0.29) is 25.8 Å². The number of hydrogen-bond donors (Lipinski definition) is 8. The molecule has 3 unspecified atom stereocenters. The van der Waals surface area contributed by atoms with Crippen molar-refractivity contribution in [3.8, 4) is 0 Å². The number of carboxylic acid groups (broad SMARTS) is 2. The lowest BCUT2D eigenvalue weighted by atomic mass is 10.0. The fourth-order valence-corrected chi connectivity index (χ4v) is 4.78. The zero-order valence-electron chi connectivity index (χ0n) is 22.6. The summed E-state index contributed by atoms with van der Waals surface area (Å²) in [5.74, 6) is -4.70. The van der Waals surface area contributed by atoms with Gasteiger partial charge in [-0.2, -0.15) is 0 Å². The van der Waals surface area contributed by atoms with E-state index in [4.69, 9.17) is 10.8 Å². The van der Waals surface area contributed by atoms with Crippen molar-refractivity contribution in [2.75, 3.05) is 6.54 Å². The summed E-state index contributed by atoms with van der Waals surface area (Å²) in [6, 6.07) is 10.9. The number of carboxylic acids is 2. The lowest BCUT2D eigenvalue weighted by molar-refractivity contribution is -0.143. The van der Waals surface area contributed by atoms with Crippen LogP contribution in [-0.4, -0.2) is 74.5 Å². The molecule has 0 bridgehead atoms. The molecule has 0 spiro atoms. The van der Waals surface area contributed by atoms with Gasteiger partial charge in [-0.15, -0.1) is 0 Å². The summed E-state index contributed by atoms with van der Waals surface area (Å²) in [7, 11) is 0. The molecule has 42 heavy (non-hydrogen) atoms. The first-order chi connectivity index (χ1) is 20.2. The van der Waals surface area contributed by atoms with E-state index < -0.39 is 54.2 Å². The number of fused-ring (bicyclic) bond motifs is 2. The van der Waals surface area contributed by atoms with Crippen LogP contribution in [0.4, 0.5) is 0 Å². The van der Waals surface area contributed by atoms with Gasteiger partial charge in [0, 0.05) is 53.5 Å².